The van der Waals surface area contributed by atoms with E-state index in [1.54, 1.807) is 12.1 Å². The van der Waals surface area contributed by atoms with E-state index < -0.39 is 16.1 Å². The Balaban J connectivity index is 1.75. The molecule has 3 rings (SSSR count). The summed E-state index contributed by atoms with van der Waals surface area (Å²) in [5.41, 5.74) is -0.186. The van der Waals surface area contributed by atoms with E-state index in [0.29, 0.717) is 24.4 Å². The Morgan fingerprint density at radius 1 is 1.14 bits per heavy atom. The van der Waals surface area contributed by atoms with Gasteiger partial charge in [-0.2, -0.15) is 4.31 Å². The topological polar surface area (TPSA) is 78.5 Å². The van der Waals surface area contributed by atoms with E-state index in [9.17, 15) is 13.2 Å². The van der Waals surface area contributed by atoms with E-state index in [4.69, 9.17) is 11.6 Å². The van der Waals surface area contributed by atoms with Gasteiger partial charge >= 0.3 is 0 Å². The van der Waals surface area contributed by atoms with Gasteiger partial charge in [-0.05, 0) is 77.6 Å². The van der Waals surface area contributed by atoms with Crippen LogP contribution in [0.5, 0.6) is 0 Å². The van der Waals surface area contributed by atoms with Gasteiger partial charge in [0.15, 0.2) is 0 Å². The first-order valence-electron chi connectivity index (χ1n) is 9.77. The summed E-state index contributed by atoms with van der Waals surface area (Å²) in [6, 6.07) is 5.43. The first-order valence-corrected chi connectivity index (χ1v) is 11.6. The maximum absolute atomic E-state index is 13.1. The molecule has 0 bridgehead atoms. The number of carbonyl (C=O) groups excluding carboxylic acids is 1. The van der Waals surface area contributed by atoms with E-state index >= 15 is 0 Å². The Bertz CT molecular complexity index is 821. The van der Waals surface area contributed by atoms with Crippen molar-refractivity contribution in [2.45, 2.75) is 81.4 Å². The fourth-order valence-corrected chi connectivity index (χ4v) is 6.54. The second-order valence-corrected chi connectivity index (χ2v) is 11.6. The molecule has 0 saturated carbocycles. The van der Waals surface area contributed by atoms with E-state index in [1.807, 2.05) is 0 Å². The van der Waals surface area contributed by atoms with Crippen molar-refractivity contribution in [2.75, 3.05) is 6.54 Å². The lowest BCUT2D eigenvalue weighted by Crippen LogP contribution is -2.63. The minimum atomic E-state index is -3.73. The lowest BCUT2D eigenvalue weighted by Gasteiger charge is -2.46. The zero-order valence-corrected chi connectivity index (χ0v) is 18.5. The van der Waals surface area contributed by atoms with Crippen molar-refractivity contribution in [2.24, 2.45) is 0 Å². The summed E-state index contributed by atoms with van der Waals surface area (Å²) in [7, 11) is -3.73. The van der Waals surface area contributed by atoms with Crippen molar-refractivity contribution in [3.8, 4) is 0 Å². The first kappa shape index (κ1) is 21.6. The molecule has 156 valence electrons. The van der Waals surface area contributed by atoms with Gasteiger partial charge < -0.3 is 10.6 Å². The van der Waals surface area contributed by atoms with Crippen LogP contribution in [0.4, 0.5) is 0 Å². The monoisotopic (exact) mass is 427 g/mol. The fraction of sp³-hybridized carbons (Fsp3) is 0.650. The van der Waals surface area contributed by atoms with Crippen molar-refractivity contribution < 1.29 is 13.2 Å². The van der Waals surface area contributed by atoms with Crippen molar-refractivity contribution in [1.29, 1.82) is 0 Å². The smallest absolute Gasteiger partial charge is 0.243 e. The van der Waals surface area contributed by atoms with Gasteiger partial charge in [-0.3, -0.25) is 4.79 Å². The summed E-state index contributed by atoms with van der Waals surface area (Å²) >= 11 is 5.88. The minimum Gasteiger partial charge on any atom is -0.352 e. The molecule has 2 heterocycles. The maximum atomic E-state index is 13.1. The molecule has 1 aromatic carbocycles. The number of halogens is 1. The van der Waals surface area contributed by atoms with Gasteiger partial charge in [-0.1, -0.05) is 11.6 Å². The Morgan fingerprint density at radius 2 is 1.71 bits per heavy atom. The van der Waals surface area contributed by atoms with Crippen LogP contribution < -0.4 is 10.6 Å². The number of piperidine rings is 1. The van der Waals surface area contributed by atoms with Crippen molar-refractivity contribution in [3.05, 3.63) is 29.3 Å². The Kier molecular flexibility index (Phi) is 5.85. The summed E-state index contributed by atoms with van der Waals surface area (Å²) in [5, 5.41) is 7.20. The summed E-state index contributed by atoms with van der Waals surface area (Å²) in [6.45, 7) is 8.85. The fourth-order valence-electron chi connectivity index (χ4n) is 4.75. The van der Waals surface area contributed by atoms with Gasteiger partial charge in [0, 0.05) is 28.7 Å². The highest BCUT2D eigenvalue weighted by molar-refractivity contribution is 7.89. The molecule has 0 unspecified atom stereocenters. The lowest BCUT2D eigenvalue weighted by molar-refractivity contribution is -0.125. The van der Waals surface area contributed by atoms with Crippen molar-refractivity contribution >= 4 is 27.5 Å². The maximum Gasteiger partial charge on any atom is 0.243 e. The van der Waals surface area contributed by atoms with Crippen LogP contribution in [0.3, 0.4) is 0 Å². The molecule has 1 atom stereocenters. The van der Waals surface area contributed by atoms with Crippen LogP contribution in [-0.4, -0.2) is 48.3 Å². The molecule has 6 nitrogen and oxygen atoms in total. The predicted molar refractivity (Wildman–Crippen MR) is 111 cm³/mol. The molecular formula is C20H30ClN3O3S. The molecule has 8 heteroatoms. The van der Waals surface area contributed by atoms with Gasteiger partial charge in [0.1, 0.15) is 6.04 Å². The number of nitrogens with zero attached hydrogens (tertiary/aromatic N) is 1. The van der Waals surface area contributed by atoms with Gasteiger partial charge in [-0.15, -0.1) is 0 Å². The highest BCUT2D eigenvalue weighted by Gasteiger charge is 2.42. The Hall–Kier alpha value is -1.15. The molecule has 0 aliphatic carbocycles. The molecular weight excluding hydrogens is 398 g/mol. The van der Waals surface area contributed by atoms with Crippen LogP contribution in [0, 0.1) is 0 Å². The standard InChI is InChI=1S/C20H30ClN3O3S/c1-19(2)12-15(13-20(3,4)23-19)22-18(25)17-6-5-11-24(17)28(26,27)16-9-7-14(21)8-10-16/h7-10,15,17,23H,5-6,11-13H2,1-4H3,(H,22,25)/t17-/m1/s1. The molecule has 0 aromatic heterocycles. The summed E-state index contributed by atoms with van der Waals surface area (Å²) in [4.78, 5) is 13.2. The number of amides is 1. The number of nitrogens with one attached hydrogen (secondary N) is 2. The first-order chi connectivity index (χ1) is 12.9. The molecule has 2 aliphatic heterocycles. The molecule has 2 saturated heterocycles. The molecule has 2 fully saturated rings. The normalized spacial score (nSPS) is 25.5. The predicted octanol–water partition coefficient (Wildman–Crippen LogP) is 2.92. The highest BCUT2D eigenvalue weighted by atomic mass is 35.5. The number of sulfonamides is 1. The van der Waals surface area contributed by atoms with Crippen LogP contribution in [0.15, 0.2) is 29.2 Å². The molecule has 2 aliphatic rings. The molecule has 28 heavy (non-hydrogen) atoms. The van der Waals surface area contributed by atoms with Gasteiger partial charge in [0.2, 0.25) is 15.9 Å². The third-order valence-corrected chi connectivity index (χ3v) is 7.64. The van der Waals surface area contributed by atoms with E-state index in [-0.39, 0.29) is 27.9 Å². The lowest BCUT2D eigenvalue weighted by atomic mass is 9.79. The van der Waals surface area contributed by atoms with Crippen LogP contribution in [-0.2, 0) is 14.8 Å². The number of hydrogen-bond donors (Lipinski definition) is 2. The number of benzene rings is 1. The summed E-state index contributed by atoms with van der Waals surface area (Å²) in [5.74, 6) is -0.200. The van der Waals surface area contributed by atoms with Gasteiger partial charge in [0.05, 0.1) is 4.90 Å². The average molecular weight is 428 g/mol. The van der Waals surface area contributed by atoms with Crippen LogP contribution in [0.2, 0.25) is 5.02 Å². The second-order valence-electron chi connectivity index (χ2n) is 9.23. The van der Waals surface area contributed by atoms with E-state index in [2.05, 4.69) is 38.3 Å². The van der Waals surface area contributed by atoms with Crippen molar-refractivity contribution in [3.63, 3.8) is 0 Å². The number of carbonyl (C=O) groups is 1. The van der Waals surface area contributed by atoms with E-state index in [1.165, 1.54) is 16.4 Å². The molecule has 0 spiro atoms. The van der Waals surface area contributed by atoms with E-state index in [0.717, 1.165) is 12.8 Å². The Morgan fingerprint density at radius 3 is 2.29 bits per heavy atom. The Labute approximate surface area is 173 Å². The quantitative estimate of drug-likeness (QED) is 0.774. The highest BCUT2D eigenvalue weighted by Crippen LogP contribution is 2.30. The van der Waals surface area contributed by atoms with Crippen molar-refractivity contribution in [1.82, 2.24) is 14.9 Å². The summed E-state index contributed by atoms with van der Waals surface area (Å²) in [6.07, 6.45) is 2.82. The second kappa shape index (κ2) is 7.59. The van der Waals surface area contributed by atoms with Crippen LogP contribution in [0.25, 0.3) is 0 Å². The molecule has 2 N–H and O–H groups in total. The third kappa shape index (κ3) is 4.70. The number of rotatable bonds is 4. The third-order valence-electron chi connectivity index (χ3n) is 5.46. The average Bonchev–Trinajstić information content (AvgIpc) is 3.02. The zero-order chi connectivity index (χ0) is 20.7. The van der Waals surface area contributed by atoms with Gasteiger partial charge in [0.25, 0.3) is 0 Å². The minimum absolute atomic E-state index is 0.0134. The molecule has 0 radical (unpaired) electrons. The van der Waals surface area contributed by atoms with Crippen LogP contribution >= 0.6 is 11.6 Å². The molecule has 1 aromatic rings. The van der Waals surface area contributed by atoms with Gasteiger partial charge in [-0.25, -0.2) is 8.42 Å². The summed E-state index contributed by atoms with van der Waals surface area (Å²) < 4.78 is 27.4. The zero-order valence-electron chi connectivity index (χ0n) is 17.0. The molecule has 1 amide bonds. The SMILES string of the molecule is CC1(C)CC(NC(=O)[C@H]2CCCN2S(=O)(=O)c2ccc(Cl)cc2)CC(C)(C)N1. The largest absolute Gasteiger partial charge is 0.352 e. The van der Waals surface area contributed by atoms with Crippen LogP contribution in [0.1, 0.15) is 53.4 Å². The number of hydrogen-bond acceptors (Lipinski definition) is 4.